The molecule has 2 rings (SSSR count). The van der Waals surface area contributed by atoms with E-state index in [-0.39, 0.29) is 23.5 Å². The highest BCUT2D eigenvalue weighted by Gasteiger charge is 2.23. The fourth-order valence-corrected chi connectivity index (χ4v) is 1.98. The van der Waals surface area contributed by atoms with Gasteiger partial charge in [0.05, 0.1) is 13.1 Å². The van der Waals surface area contributed by atoms with Gasteiger partial charge in [0.15, 0.2) is 5.69 Å². The van der Waals surface area contributed by atoms with Gasteiger partial charge in [-0.25, -0.2) is 9.55 Å². The average Bonchev–Trinajstić information content (AvgIpc) is 3.04. The van der Waals surface area contributed by atoms with Crippen molar-refractivity contribution in [3.8, 4) is 0 Å². The standard InChI is InChI=1S/C12H15N5O3/c1-3-8(11-13-6-7-14-11)15-12(18)9-4-5-10(16(9)2)17(19)20/h4-8H,3H2,1-2H3,(H,13,14)(H,15,18). The van der Waals surface area contributed by atoms with Crippen molar-refractivity contribution in [2.75, 3.05) is 0 Å². The molecule has 0 aliphatic rings. The quantitative estimate of drug-likeness (QED) is 0.638. The molecule has 2 aromatic rings. The smallest absolute Gasteiger partial charge is 0.323 e. The van der Waals surface area contributed by atoms with Crippen LogP contribution in [0.25, 0.3) is 0 Å². The van der Waals surface area contributed by atoms with Gasteiger partial charge in [0.25, 0.3) is 5.91 Å². The Morgan fingerprint density at radius 3 is 2.85 bits per heavy atom. The third-order valence-corrected chi connectivity index (χ3v) is 3.08. The van der Waals surface area contributed by atoms with Gasteiger partial charge in [-0.3, -0.25) is 4.79 Å². The van der Waals surface area contributed by atoms with Crippen LogP contribution < -0.4 is 5.32 Å². The molecule has 1 atom stereocenters. The zero-order chi connectivity index (χ0) is 14.7. The maximum absolute atomic E-state index is 12.2. The summed E-state index contributed by atoms with van der Waals surface area (Å²) in [6.45, 7) is 1.92. The predicted octanol–water partition coefficient (Wildman–Crippen LogP) is 1.54. The number of aromatic amines is 1. The minimum atomic E-state index is -0.527. The number of nitro groups is 1. The molecule has 0 fully saturated rings. The van der Waals surface area contributed by atoms with E-state index in [0.29, 0.717) is 12.2 Å². The van der Waals surface area contributed by atoms with Crippen molar-refractivity contribution in [3.63, 3.8) is 0 Å². The van der Waals surface area contributed by atoms with E-state index < -0.39 is 4.92 Å². The Kier molecular flexibility index (Phi) is 3.83. The lowest BCUT2D eigenvalue weighted by Gasteiger charge is -2.13. The van der Waals surface area contributed by atoms with Crippen LogP contribution in [-0.2, 0) is 7.05 Å². The topological polar surface area (TPSA) is 106 Å². The van der Waals surface area contributed by atoms with Crippen LogP contribution in [0.2, 0.25) is 0 Å². The molecule has 0 radical (unpaired) electrons. The maximum Gasteiger partial charge on any atom is 0.323 e. The van der Waals surface area contributed by atoms with Crippen LogP contribution in [0.15, 0.2) is 24.5 Å². The van der Waals surface area contributed by atoms with Gasteiger partial charge in [-0.1, -0.05) is 6.92 Å². The van der Waals surface area contributed by atoms with Crippen molar-refractivity contribution in [2.45, 2.75) is 19.4 Å². The Labute approximate surface area is 115 Å². The Morgan fingerprint density at radius 1 is 1.60 bits per heavy atom. The second-order valence-corrected chi connectivity index (χ2v) is 4.30. The first-order chi connectivity index (χ1) is 9.54. The normalized spacial score (nSPS) is 12.1. The zero-order valence-corrected chi connectivity index (χ0v) is 11.2. The number of carbonyl (C=O) groups is 1. The number of aromatic nitrogens is 3. The number of hydrogen-bond donors (Lipinski definition) is 2. The van der Waals surface area contributed by atoms with Crippen molar-refractivity contribution < 1.29 is 9.72 Å². The molecule has 1 amide bonds. The van der Waals surface area contributed by atoms with E-state index in [2.05, 4.69) is 15.3 Å². The molecule has 20 heavy (non-hydrogen) atoms. The molecular weight excluding hydrogens is 262 g/mol. The van der Waals surface area contributed by atoms with Crippen LogP contribution in [-0.4, -0.2) is 25.4 Å². The van der Waals surface area contributed by atoms with Gasteiger partial charge in [-0.15, -0.1) is 0 Å². The highest BCUT2D eigenvalue weighted by Crippen LogP contribution is 2.17. The lowest BCUT2D eigenvalue weighted by Crippen LogP contribution is -2.30. The Balaban J connectivity index is 2.18. The van der Waals surface area contributed by atoms with E-state index in [0.717, 1.165) is 0 Å². The maximum atomic E-state index is 12.2. The number of H-pyrrole nitrogens is 1. The molecule has 2 aromatic heterocycles. The number of carbonyl (C=O) groups excluding carboxylic acids is 1. The van der Waals surface area contributed by atoms with Crippen LogP contribution in [0.3, 0.4) is 0 Å². The molecule has 106 valence electrons. The number of imidazole rings is 1. The fraction of sp³-hybridized carbons (Fsp3) is 0.333. The van der Waals surface area contributed by atoms with Crippen LogP contribution in [0.4, 0.5) is 5.82 Å². The third-order valence-electron chi connectivity index (χ3n) is 3.08. The van der Waals surface area contributed by atoms with Gasteiger partial charge in [0.1, 0.15) is 5.82 Å². The van der Waals surface area contributed by atoms with Crippen LogP contribution >= 0.6 is 0 Å². The summed E-state index contributed by atoms with van der Waals surface area (Å²) in [6, 6.07) is 2.48. The molecule has 2 heterocycles. The van der Waals surface area contributed by atoms with Gasteiger partial charge < -0.3 is 20.4 Å². The summed E-state index contributed by atoms with van der Waals surface area (Å²) in [4.78, 5) is 29.5. The number of nitrogens with zero attached hydrogens (tertiary/aromatic N) is 3. The molecule has 8 nitrogen and oxygen atoms in total. The zero-order valence-electron chi connectivity index (χ0n) is 11.2. The molecule has 0 aliphatic heterocycles. The SMILES string of the molecule is CCC(NC(=O)c1ccc([N+](=O)[O-])n1C)c1ncc[nH]1. The number of amides is 1. The highest BCUT2D eigenvalue weighted by molar-refractivity contribution is 5.93. The minimum absolute atomic E-state index is 0.124. The molecular formula is C12H15N5O3. The van der Waals surface area contributed by atoms with E-state index >= 15 is 0 Å². The molecule has 0 aromatic carbocycles. The summed E-state index contributed by atoms with van der Waals surface area (Å²) in [6.07, 6.45) is 3.95. The summed E-state index contributed by atoms with van der Waals surface area (Å²) >= 11 is 0. The summed E-state index contributed by atoms with van der Waals surface area (Å²) in [5.41, 5.74) is 0.238. The first kappa shape index (κ1) is 13.8. The van der Waals surface area contributed by atoms with Crippen LogP contribution in [0.5, 0.6) is 0 Å². The number of rotatable bonds is 5. The lowest BCUT2D eigenvalue weighted by molar-refractivity contribution is -0.391. The highest BCUT2D eigenvalue weighted by atomic mass is 16.6. The van der Waals surface area contributed by atoms with Crippen LogP contribution in [0, 0.1) is 10.1 Å². The van der Waals surface area contributed by atoms with E-state index in [1.54, 1.807) is 12.4 Å². The Hall–Kier alpha value is -2.64. The van der Waals surface area contributed by atoms with Crippen molar-refractivity contribution in [1.82, 2.24) is 19.9 Å². The van der Waals surface area contributed by atoms with Gasteiger partial charge in [-0.05, 0) is 17.4 Å². The summed E-state index contributed by atoms with van der Waals surface area (Å²) in [5.74, 6) is 0.162. The molecule has 0 bridgehead atoms. The van der Waals surface area contributed by atoms with Crippen molar-refractivity contribution in [3.05, 3.63) is 46.2 Å². The molecule has 0 saturated carbocycles. The van der Waals surface area contributed by atoms with E-state index in [4.69, 9.17) is 0 Å². The summed E-state index contributed by atoms with van der Waals surface area (Å²) in [5, 5.41) is 13.6. The molecule has 0 aliphatic carbocycles. The van der Waals surface area contributed by atoms with E-state index in [1.165, 1.54) is 23.7 Å². The molecule has 8 heteroatoms. The average molecular weight is 277 g/mol. The number of nitrogens with one attached hydrogen (secondary N) is 2. The van der Waals surface area contributed by atoms with Gasteiger partial charge in [-0.2, -0.15) is 0 Å². The second-order valence-electron chi connectivity index (χ2n) is 4.30. The van der Waals surface area contributed by atoms with Crippen molar-refractivity contribution in [1.29, 1.82) is 0 Å². The minimum Gasteiger partial charge on any atom is -0.358 e. The number of hydrogen-bond acceptors (Lipinski definition) is 4. The van der Waals surface area contributed by atoms with Gasteiger partial charge in [0, 0.05) is 18.5 Å². The van der Waals surface area contributed by atoms with Crippen LogP contribution in [0.1, 0.15) is 35.7 Å². The Morgan fingerprint density at radius 2 is 2.35 bits per heavy atom. The predicted molar refractivity (Wildman–Crippen MR) is 71.2 cm³/mol. The van der Waals surface area contributed by atoms with E-state index in [1.807, 2.05) is 6.92 Å². The van der Waals surface area contributed by atoms with Crippen molar-refractivity contribution >= 4 is 11.7 Å². The third kappa shape index (κ3) is 2.53. The van der Waals surface area contributed by atoms with Gasteiger partial charge >= 0.3 is 5.82 Å². The second kappa shape index (κ2) is 5.55. The summed E-state index contributed by atoms with van der Waals surface area (Å²) < 4.78 is 1.25. The molecule has 0 spiro atoms. The van der Waals surface area contributed by atoms with Gasteiger partial charge in [0.2, 0.25) is 0 Å². The monoisotopic (exact) mass is 277 g/mol. The molecule has 2 N–H and O–H groups in total. The molecule has 0 saturated heterocycles. The fourth-order valence-electron chi connectivity index (χ4n) is 1.98. The molecule has 1 unspecified atom stereocenters. The first-order valence-electron chi connectivity index (χ1n) is 6.14. The lowest BCUT2D eigenvalue weighted by atomic mass is 10.2. The largest absolute Gasteiger partial charge is 0.358 e. The van der Waals surface area contributed by atoms with Crippen molar-refractivity contribution in [2.24, 2.45) is 7.05 Å². The first-order valence-corrected chi connectivity index (χ1v) is 6.14. The Bertz CT molecular complexity index is 617. The van der Waals surface area contributed by atoms with E-state index in [9.17, 15) is 14.9 Å². The summed E-state index contributed by atoms with van der Waals surface area (Å²) in [7, 11) is 1.49.